The molecular weight excluding hydrogens is 446 g/mol. The van der Waals surface area contributed by atoms with Crippen LogP contribution in [0.4, 0.5) is 0 Å². The van der Waals surface area contributed by atoms with Crippen molar-refractivity contribution in [2.45, 2.75) is 42.4 Å². The summed E-state index contributed by atoms with van der Waals surface area (Å²) >= 11 is 0. The summed E-state index contributed by atoms with van der Waals surface area (Å²) in [6.07, 6.45) is 2.89. The van der Waals surface area contributed by atoms with Gasteiger partial charge < -0.3 is 4.74 Å². The number of likely N-dealkylation sites (tertiary alicyclic amines) is 1. The van der Waals surface area contributed by atoms with Gasteiger partial charge in [-0.05, 0) is 74.5 Å². The smallest absolute Gasteiger partial charge is 0.183 e. The van der Waals surface area contributed by atoms with Crippen molar-refractivity contribution in [2.75, 3.05) is 31.7 Å². The van der Waals surface area contributed by atoms with Gasteiger partial charge in [-0.25, -0.2) is 16.8 Å². The summed E-state index contributed by atoms with van der Waals surface area (Å²) < 4.78 is 57.3. The molecule has 0 unspecified atom stereocenters. The lowest BCUT2D eigenvalue weighted by Gasteiger charge is -2.37. The van der Waals surface area contributed by atoms with Gasteiger partial charge in [0.15, 0.2) is 19.7 Å². The maximum atomic E-state index is 13.5. The summed E-state index contributed by atoms with van der Waals surface area (Å²) in [5.41, 5.74) is 2.03. The van der Waals surface area contributed by atoms with Crippen LogP contribution in [0.15, 0.2) is 53.4 Å². The number of hydrogen-bond acceptors (Lipinski definition) is 6. The first-order valence-electron chi connectivity index (χ1n) is 11.1. The average molecular weight is 478 g/mol. The predicted octanol–water partition coefficient (Wildman–Crippen LogP) is 2.90. The molecule has 2 aliphatic heterocycles. The third kappa shape index (κ3) is 4.87. The van der Waals surface area contributed by atoms with Crippen LogP contribution in [0.3, 0.4) is 0 Å². The molecule has 0 amide bonds. The Labute approximate surface area is 191 Å². The Morgan fingerprint density at radius 2 is 1.72 bits per heavy atom. The number of nitrogens with zero attached hydrogens (tertiary/aromatic N) is 1. The monoisotopic (exact) mass is 477 g/mol. The third-order valence-corrected chi connectivity index (χ3v) is 11.0. The topological polar surface area (TPSA) is 80.8 Å². The zero-order valence-electron chi connectivity index (χ0n) is 18.6. The zero-order valence-corrected chi connectivity index (χ0v) is 20.2. The molecule has 174 valence electrons. The Bertz CT molecular complexity index is 1150. The number of rotatable bonds is 6. The molecule has 0 radical (unpaired) electrons. The van der Waals surface area contributed by atoms with Crippen LogP contribution < -0.4 is 4.74 Å². The molecule has 2 aromatic carbocycles. The lowest BCUT2D eigenvalue weighted by Crippen LogP contribution is -2.49. The van der Waals surface area contributed by atoms with Crippen molar-refractivity contribution < 1.29 is 21.6 Å². The maximum Gasteiger partial charge on any atom is 0.183 e. The molecule has 2 aromatic rings. The van der Waals surface area contributed by atoms with E-state index in [1.54, 1.807) is 19.1 Å². The van der Waals surface area contributed by atoms with Crippen LogP contribution in [0.5, 0.6) is 5.75 Å². The van der Waals surface area contributed by atoms with E-state index in [0.717, 1.165) is 32.4 Å². The standard InChI is InChI=1S/C24H31NO5S2/c1-18-14-21(8-9-23(18)30-2)32(28,29)24-17-31(26,27)16-22(24)25-12-10-20(11-13-25)15-19-6-4-3-5-7-19/h3-9,14,20,22,24H,10-13,15-17H2,1-2H3/t22-,24-/m0/s1. The summed E-state index contributed by atoms with van der Waals surface area (Å²) in [5.74, 6) is 0.746. The Kier molecular flexibility index (Phi) is 6.66. The second-order valence-electron chi connectivity index (χ2n) is 9.03. The van der Waals surface area contributed by atoms with Gasteiger partial charge in [0.25, 0.3) is 0 Å². The van der Waals surface area contributed by atoms with Crippen LogP contribution in [0.25, 0.3) is 0 Å². The maximum absolute atomic E-state index is 13.5. The SMILES string of the molecule is COc1ccc(S(=O)(=O)[C@H]2CS(=O)(=O)C[C@@H]2N2CCC(Cc3ccccc3)CC2)cc1C. The lowest BCUT2D eigenvalue weighted by atomic mass is 9.89. The van der Waals surface area contributed by atoms with Crippen LogP contribution in [0.2, 0.25) is 0 Å². The van der Waals surface area contributed by atoms with Crippen molar-refractivity contribution in [3.8, 4) is 5.75 Å². The highest BCUT2D eigenvalue weighted by Gasteiger charge is 2.48. The van der Waals surface area contributed by atoms with E-state index in [9.17, 15) is 16.8 Å². The molecule has 32 heavy (non-hydrogen) atoms. The van der Waals surface area contributed by atoms with E-state index in [1.165, 1.54) is 18.7 Å². The number of sulfone groups is 2. The summed E-state index contributed by atoms with van der Waals surface area (Å²) in [7, 11) is -5.67. The Hall–Kier alpha value is -1.90. The van der Waals surface area contributed by atoms with Crippen LogP contribution in [-0.2, 0) is 26.1 Å². The van der Waals surface area contributed by atoms with E-state index in [1.807, 2.05) is 18.2 Å². The fraction of sp³-hybridized carbons (Fsp3) is 0.500. The molecule has 2 fully saturated rings. The highest BCUT2D eigenvalue weighted by atomic mass is 32.2. The highest BCUT2D eigenvalue weighted by molar-refractivity contribution is 7.96. The van der Waals surface area contributed by atoms with Crippen molar-refractivity contribution in [3.63, 3.8) is 0 Å². The lowest BCUT2D eigenvalue weighted by molar-refractivity contribution is 0.144. The van der Waals surface area contributed by atoms with Crippen LogP contribution in [0.1, 0.15) is 24.0 Å². The first-order valence-corrected chi connectivity index (χ1v) is 14.4. The molecule has 2 heterocycles. The van der Waals surface area contributed by atoms with Gasteiger partial charge in [0.05, 0.1) is 28.8 Å². The minimum Gasteiger partial charge on any atom is -0.496 e. The van der Waals surface area contributed by atoms with Crippen molar-refractivity contribution in [1.82, 2.24) is 4.90 Å². The number of methoxy groups -OCH3 is 1. The van der Waals surface area contributed by atoms with Crippen LogP contribution >= 0.6 is 0 Å². The van der Waals surface area contributed by atoms with Gasteiger partial charge >= 0.3 is 0 Å². The van der Waals surface area contributed by atoms with Crippen molar-refractivity contribution in [3.05, 3.63) is 59.7 Å². The molecule has 0 bridgehead atoms. The zero-order chi connectivity index (χ0) is 22.9. The van der Waals surface area contributed by atoms with E-state index in [4.69, 9.17) is 4.74 Å². The minimum absolute atomic E-state index is 0.0879. The number of hydrogen-bond donors (Lipinski definition) is 0. The number of piperidine rings is 1. The fourth-order valence-corrected chi connectivity index (χ4v) is 9.99. The summed E-state index contributed by atoms with van der Waals surface area (Å²) in [6, 6.07) is 14.6. The van der Waals surface area contributed by atoms with E-state index in [0.29, 0.717) is 17.2 Å². The van der Waals surface area contributed by atoms with E-state index >= 15 is 0 Å². The molecule has 0 aliphatic carbocycles. The van der Waals surface area contributed by atoms with Gasteiger partial charge in [0.2, 0.25) is 0 Å². The number of ether oxygens (including phenoxy) is 1. The van der Waals surface area contributed by atoms with Gasteiger partial charge in [-0.3, -0.25) is 4.90 Å². The average Bonchev–Trinajstić information content (AvgIpc) is 3.11. The van der Waals surface area contributed by atoms with Crippen molar-refractivity contribution in [1.29, 1.82) is 0 Å². The first-order chi connectivity index (χ1) is 15.2. The first kappa shape index (κ1) is 23.3. The predicted molar refractivity (Wildman–Crippen MR) is 126 cm³/mol. The van der Waals surface area contributed by atoms with Gasteiger partial charge in [0.1, 0.15) is 5.75 Å². The Morgan fingerprint density at radius 3 is 2.34 bits per heavy atom. The molecule has 0 saturated carbocycles. The van der Waals surface area contributed by atoms with E-state index in [2.05, 4.69) is 17.0 Å². The molecule has 2 saturated heterocycles. The second kappa shape index (κ2) is 9.15. The largest absolute Gasteiger partial charge is 0.496 e. The van der Waals surface area contributed by atoms with Crippen LogP contribution in [-0.4, -0.2) is 64.7 Å². The van der Waals surface area contributed by atoms with Gasteiger partial charge in [-0.1, -0.05) is 30.3 Å². The highest BCUT2D eigenvalue weighted by Crippen LogP contribution is 2.33. The molecular formula is C24H31NO5S2. The quantitative estimate of drug-likeness (QED) is 0.636. The number of aryl methyl sites for hydroxylation is 1. The van der Waals surface area contributed by atoms with Gasteiger partial charge in [-0.15, -0.1) is 0 Å². The van der Waals surface area contributed by atoms with Gasteiger partial charge in [0, 0.05) is 6.04 Å². The summed E-state index contributed by atoms with van der Waals surface area (Å²) in [4.78, 5) is 2.27. The summed E-state index contributed by atoms with van der Waals surface area (Å²) in [5, 5.41) is -0.939. The fourth-order valence-electron chi connectivity index (χ4n) is 5.07. The normalized spacial score (nSPS) is 24.4. The molecule has 4 rings (SSSR count). The number of benzene rings is 2. The molecule has 6 nitrogen and oxygen atoms in total. The molecule has 0 N–H and O–H groups in total. The minimum atomic E-state index is -3.79. The second-order valence-corrected chi connectivity index (χ2v) is 13.3. The van der Waals surface area contributed by atoms with Crippen LogP contribution in [0, 0.1) is 12.8 Å². The van der Waals surface area contributed by atoms with E-state index < -0.39 is 31.0 Å². The molecule has 2 aliphatic rings. The van der Waals surface area contributed by atoms with Crippen molar-refractivity contribution in [2.24, 2.45) is 5.92 Å². The Morgan fingerprint density at radius 1 is 1.03 bits per heavy atom. The molecule has 0 aromatic heterocycles. The molecule has 0 spiro atoms. The van der Waals surface area contributed by atoms with Gasteiger partial charge in [-0.2, -0.15) is 0 Å². The Balaban J connectivity index is 1.51. The molecule has 8 heteroatoms. The third-order valence-electron chi connectivity index (χ3n) is 6.85. The van der Waals surface area contributed by atoms with Crippen molar-refractivity contribution >= 4 is 19.7 Å². The molecule has 2 atom stereocenters. The van der Waals surface area contributed by atoms with E-state index in [-0.39, 0.29) is 16.4 Å². The summed E-state index contributed by atoms with van der Waals surface area (Å²) in [6.45, 7) is 3.24.